The number of hydrogen-bond donors (Lipinski definition) is 9. The Morgan fingerprint density at radius 1 is 0.500 bits per heavy atom. The van der Waals surface area contributed by atoms with Crippen molar-refractivity contribution in [3.05, 3.63) is 97.8 Å². The summed E-state index contributed by atoms with van der Waals surface area (Å²) in [5, 5.41) is 48.8. The fourth-order valence-corrected chi connectivity index (χ4v) is 14.4. The number of rotatable bonds is 12. The van der Waals surface area contributed by atoms with Crippen LogP contribution in [0.1, 0.15) is 200 Å². The first-order valence-electron chi connectivity index (χ1n) is 37.5. The summed E-state index contributed by atoms with van der Waals surface area (Å²) in [4.78, 5) is 174. The van der Waals surface area contributed by atoms with Crippen LogP contribution >= 0.6 is 8.38 Å². The molecule has 3 aromatic heterocycles. The molecular weight excluding hydrogens is 1550 g/mol. The highest BCUT2D eigenvalue weighted by Gasteiger charge is 2.68. The molecule has 42 nitrogen and oxygen atoms in total. The van der Waals surface area contributed by atoms with E-state index >= 15 is 0 Å². The van der Waals surface area contributed by atoms with E-state index < -0.39 is 191 Å². The number of nitriles is 1. The molecule has 0 radical (unpaired) electrons. The van der Waals surface area contributed by atoms with E-state index in [4.69, 9.17) is 56.9 Å². The zero-order chi connectivity index (χ0) is 87.5. The van der Waals surface area contributed by atoms with Crippen molar-refractivity contribution >= 4 is 62.8 Å². The lowest BCUT2D eigenvalue weighted by Gasteiger charge is -2.38. The summed E-state index contributed by atoms with van der Waals surface area (Å²) < 4.78 is 66.6. The number of aryl methyl sites for hydroxylation is 3. The number of hydrogen-bond acceptors (Lipinski definition) is 27. The zero-order valence-corrected chi connectivity index (χ0v) is 70.8. The predicted molar refractivity (Wildman–Crippen MR) is 416 cm³/mol. The van der Waals surface area contributed by atoms with Crippen LogP contribution in [0.3, 0.4) is 0 Å². The van der Waals surface area contributed by atoms with E-state index in [-0.39, 0.29) is 67.2 Å². The van der Waals surface area contributed by atoms with E-state index in [9.17, 15) is 72.9 Å². The van der Waals surface area contributed by atoms with Gasteiger partial charge in [0.25, 0.3) is 16.7 Å². The Kier molecular flexibility index (Phi) is 28.7. The summed E-state index contributed by atoms with van der Waals surface area (Å²) in [7, 11) is -1.49. The van der Waals surface area contributed by atoms with Crippen molar-refractivity contribution in [3.8, 4) is 6.07 Å². The SMILES string of the molecule is CCP(OCCC#N)OC1[C@H]2[C@H](n3cc(C)c(=O)[nH]c3=O)O[C@@]1(CC)CN2C(=NC(=O)OC(C)(C)C)NC(=O)OC(C)(C)C.CC[C@]12CN(C(=NC(=O)OC(C)(C)C)NC(=O)OC(C)(C)C)[C@@H](C1O)[C@H](n1cc(C)c(=O)[nH]c1=O)O2.Cc1cn([C@@H]2O[C@@]3(CO)CN(C(=NC(=O)OC(C)(C)C)NC(=O)OC(C)(C)C)[C@H]2C3O)c(=O)[nH]c1=O. The number of nitrogens with zero attached hydrogens (tertiary/aromatic N) is 10. The topological polar surface area (TPSA) is 536 Å². The summed E-state index contributed by atoms with van der Waals surface area (Å²) in [6, 6.07) is -0.841. The Morgan fingerprint density at radius 3 is 1.09 bits per heavy atom. The number of carbonyl (C=O) groups excluding carboxylic acids is 6. The number of aliphatic hydroxyl groups excluding tert-OH is 3. The van der Waals surface area contributed by atoms with Gasteiger partial charge in [-0.3, -0.25) is 59.0 Å². The summed E-state index contributed by atoms with van der Waals surface area (Å²) >= 11 is 0. The van der Waals surface area contributed by atoms with Gasteiger partial charge in [-0.25, -0.2) is 43.2 Å². The zero-order valence-electron chi connectivity index (χ0n) is 69.9. The van der Waals surface area contributed by atoms with Crippen molar-refractivity contribution in [2.45, 2.75) is 291 Å². The molecule has 3 aromatic rings. The Labute approximate surface area is 669 Å². The molecule has 6 amide bonds. The quantitative estimate of drug-likeness (QED) is 0.0378. The molecular formula is C73H111N16O26P. The van der Waals surface area contributed by atoms with Crippen molar-refractivity contribution in [1.82, 2.24) is 59.3 Å². The minimum atomic E-state index is -1.58. The maximum atomic E-state index is 13.1. The Balaban J connectivity index is 0.000000242. The van der Waals surface area contributed by atoms with Crippen LogP contribution in [0.2, 0.25) is 0 Å². The molecule has 6 aliphatic rings. The normalized spacial score (nSPS) is 25.4. The molecule has 6 aliphatic heterocycles. The number of aliphatic hydroxyl groups is 3. The number of morpholine rings is 3. The molecule has 6 bridgehead atoms. The van der Waals surface area contributed by atoms with Gasteiger partial charge >= 0.3 is 53.6 Å². The summed E-state index contributed by atoms with van der Waals surface area (Å²) in [6.45, 7) is 39.7. The minimum Gasteiger partial charge on any atom is -0.444 e. The molecule has 6 fully saturated rings. The molecule has 0 aliphatic carbocycles. The molecule has 4 unspecified atom stereocenters. The summed E-state index contributed by atoms with van der Waals surface area (Å²) in [5.74, 6) is -0.739. The van der Waals surface area contributed by atoms with E-state index in [1.54, 1.807) is 143 Å². The molecule has 0 aromatic carbocycles. The highest BCUT2D eigenvalue weighted by atomic mass is 31.2. The minimum absolute atomic E-state index is 0.0559. The molecule has 43 heteroatoms. The number of amides is 6. The van der Waals surface area contributed by atoms with Crippen LogP contribution in [0.4, 0.5) is 28.8 Å². The third kappa shape index (κ3) is 22.9. The number of carbonyl (C=O) groups is 6. The van der Waals surface area contributed by atoms with Crippen LogP contribution in [0, 0.1) is 32.1 Å². The second kappa shape index (κ2) is 35.6. The van der Waals surface area contributed by atoms with Crippen molar-refractivity contribution < 1.29 is 95.8 Å². The predicted octanol–water partition coefficient (Wildman–Crippen LogP) is 5.02. The van der Waals surface area contributed by atoms with Crippen LogP contribution in [-0.2, 0) is 51.7 Å². The van der Waals surface area contributed by atoms with Crippen molar-refractivity contribution in [2.24, 2.45) is 15.0 Å². The highest BCUT2D eigenvalue weighted by molar-refractivity contribution is 7.47. The van der Waals surface area contributed by atoms with Crippen LogP contribution in [0.5, 0.6) is 0 Å². The van der Waals surface area contributed by atoms with Crippen LogP contribution in [0.15, 0.2) is 62.3 Å². The molecule has 0 spiro atoms. The third-order valence-electron chi connectivity index (χ3n) is 18.0. The number of likely N-dealkylation sites (tertiary alicyclic amines) is 3. The average molecular weight is 1660 g/mol. The van der Waals surface area contributed by atoms with Gasteiger partial charge in [0.1, 0.15) is 86.8 Å². The lowest BCUT2D eigenvalue weighted by atomic mass is 9.96. The second-order valence-electron chi connectivity index (χ2n) is 34.3. The van der Waals surface area contributed by atoms with Gasteiger partial charge in [-0.1, -0.05) is 20.8 Å². The number of aromatic amines is 3. The maximum Gasteiger partial charge on any atom is 0.437 e. The Bertz CT molecular complexity index is 4490. The highest BCUT2D eigenvalue weighted by Crippen LogP contribution is 2.55. The lowest BCUT2D eigenvalue weighted by molar-refractivity contribution is -0.146. The monoisotopic (exact) mass is 1660 g/mol. The molecule has 9 N–H and O–H groups in total. The maximum absolute atomic E-state index is 13.1. The molecule has 116 heavy (non-hydrogen) atoms. The van der Waals surface area contributed by atoms with E-state index in [0.29, 0.717) is 19.0 Å². The second-order valence-corrected chi connectivity index (χ2v) is 36.1. The molecule has 644 valence electrons. The van der Waals surface area contributed by atoms with Crippen molar-refractivity contribution in [1.29, 1.82) is 5.26 Å². The number of aromatic nitrogens is 6. The van der Waals surface area contributed by atoms with E-state index in [2.05, 4.69) is 45.9 Å². The number of alkyl carbamates (subject to hydrolysis) is 3. The van der Waals surface area contributed by atoms with Gasteiger partial charge in [-0.15, -0.1) is 15.0 Å². The average Bonchev–Trinajstić information content (AvgIpc) is 1.56. The van der Waals surface area contributed by atoms with Crippen LogP contribution in [-0.4, -0.2) is 239 Å². The molecule has 6 saturated heterocycles. The Hall–Kier alpha value is -9.73. The number of guanidine groups is 3. The first-order valence-corrected chi connectivity index (χ1v) is 38.9. The smallest absolute Gasteiger partial charge is 0.437 e. The van der Waals surface area contributed by atoms with Gasteiger partial charge in [-0.05, 0) is 158 Å². The van der Waals surface area contributed by atoms with Gasteiger partial charge in [-0.2, -0.15) is 5.26 Å². The Morgan fingerprint density at radius 2 is 0.793 bits per heavy atom. The van der Waals surface area contributed by atoms with Crippen molar-refractivity contribution in [3.63, 3.8) is 0 Å². The number of fused-ring (bicyclic) bond motifs is 6. The summed E-state index contributed by atoms with van der Waals surface area (Å²) in [6.07, 6.45) is -6.73. The lowest BCUT2D eigenvalue weighted by Crippen LogP contribution is -2.56. The first-order chi connectivity index (χ1) is 53.3. The molecule has 9 heterocycles. The van der Waals surface area contributed by atoms with E-state index in [1.165, 1.54) is 51.4 Å². The molecule has 0 saturated carbocycles. The van der Waals surface area contributed by atoms with Gasteiger partial charge in [0.15, 0.2) is 27.1 Å². The number of nitrogens with one attached hydrogen (secondary N) is 6. The standard InChI is InChI=1S/C28H43N6O9P.C23H35N5O8.C22H33N5O9/c1-10-28-16-34(22(31-24(37)41-26(4,5)6)32-25(38)42-27(7,8)9)18(19(28)43-44(11-2)39-14-12-13-29)21(40-28)33-15-17(3)20(35)30-23(33)36;1-9-23-11-28(13(14(23)29)16(34-23)27-10-12(2)15(30)24-18(27)31)17(25-19(32)35-21(3,4)5)26-20(33)36-22(6,7)8;1-11-8-26(17(31)23-14(11)30)15-12-13(29)22(10-28,34-15)9-27(12)16(24-18(32)35-20(2,3)4)25-19(33)36-21(5,6)7/h15,18-19,21H,10-12,14,16H2,1-9H3,(H,30,35,36)(H,31,32,37,38);10,13-14,16,29H,9,11H2,1-8H3,(H,24,30,31)(H,25,26,32,33);8,12-13,15,28-29H,9-10H2,1-7H3,(H,23,30,31)(H,24,25,32,33)/t18-,19?,21+,28-,44?;13-,14?,16+,23-;12-,13?,15+,22+/m000/s1. The molecule has 9 rings (SSSR count). The van der Waals surface area contributed by atoms with Gasteiger partial charge in [0.05, 0.1) is 45.3 Å². The fraction of sp³-hybridized carbons (Fsp3) is 0.699. The first kappa shape index (κ1) is 93.4. The van der Waals surface area contributed by atoms with Crippen LogP contribution in [0.25, 0.3) is 0 Å². The molecule has 13 atom stereocenters. The van der Waals surface area contributed by atoms with E-state index in [0.717, 1.165) is 4.57 Å². The number of aliphatic imine (C=N–C) groups is 3. The van der Waals surface area contributed by atoms with E-state index in [1.807, 2.05) is 19.9 Å². The van der Waals surface area contributed by atoms with Crippen molar-refractivity contribution in [2.75, 3.05) is 39.0 Å². The largest absolute Gasteiger partial charge is 0.444 e. The fourth-order valence-electron chi connectivity index (χ4n) is 13.2. The number of ether oxygens (including phenoxy) is 9. The van der Waals surface area contributed by atoms with Gasteiger partial charge < -0.3 is 81.7 Å². The number of H-pyrrole nitrogens is 3. The van der Waals surface area contributed by atoms with Gasteiger partial charge in [0.2, 0.25) is 17.9 Å². The summed E-state index contributed by atoms with van der Waals surface area (Å²) in [5.41, 5.74) is -12.1. The van der Waals surface area contributed by atoms with Gasteiger partial charge in [0, 0.05) is 41.4 Å². The third-order valence-corrected chi connectivity index (χ3v) is 19.4. The van der Waals surface area contributed by atoms with Crippen LogP contribution < -0.4 is 49.7 Å².